The molecule has 0 aliphatic rings. The highest BCUT2D eigenvalue weighted by Gasteiger charge is 2.11. The van der Waals surface area contributed by atoms with E-state index in [4.69, 9.17) is 4.74 Å². The molecule has 3 aromatic rings. The van der Waals surface area contributed by atoms with Gasteiger partial charge in [-0.3, -0.25) is 4.79 Å². The number of pyridine rings is 2. The van der Waals surface area contributed by atoms with Gasteiger partial charge in [-0.25, -0.2) is 14.4 Å². The first-order valence-corrected chi connectivity index (χ1v) is 8.41. The molecule has 0 unspecified atom stereocenters. The maximum atomic E-state index is 14.1. The van der Waals surface area contributed by atoms with Crippen molar-refractivity contribution in [1.82, 2.24) is 19.9 Å². The molecule has 28 heavy (non-hydrogen) atoms. The Labute approximate surface area is 159 Å². The van der Waals surface area contributed by atoms with E-state index in [1.807, 2.05) is 0 Å². The summed E-state index contributed by atoms with van der Waals surface area (Å²) in [5.41, 5.74) is 1.07. The van der Waals surface area contributed by atoms with Gasteiger partial charge in [-0.2, -0.15) is 4.98 Å². The van der Waals surface area contributed by atoms with Crippen LogP contribution in [-0.2, 0) is 0 Å². The number of halogens is 1. The van der Waals surface area contributed by atoms with E-state index in [0.29, 0.717) is 11.4 Å². The van der Waals surface area contributed by atoms with Crippen LogP contribution < -0.4 is 20.9 Å². The maximum Gasteiger partial charge on any atom is 0.271 e. The first-order valence-electron chi connectivity index (χ1n) is 8.41. The van der Waals surface area contributed by atoms with Gasteiger partial charge in [-0.15, -0.1) is 0 Å². The van der Waals surface area contributed by atoms with Crippen molar-refractivity contribution in [2.24, 2.45) is 0 Å². The molecule has 146 valence electrons. The number of anilines is 3. The highest BCUT2D eigenvalue weighted by atomic mass is 19.1. The molecule has 0 bridgehead atoms. The molecule has 3 heterocycles. The van der Waals surface area contributed by atoms with E-state index in [1.165, 1.54) is 13.3 Å². The molecular formula is C18H19FN6O3. The van der Waals surface area contributed by atoms with Crippen molar-refractivity contribution in [2.75, 3.05) is 24.3 Å². The van der Waals surface area contributed by atoms with E-state index in [9.17, 15) is 14.3 Å². The van der Waals surface area contributed by atoms with Gasteiger partial charge in [0.2, 0.25) is 11.8 Å². The van der Waals surface area contributed by atoms with E-state index in [0.717, 1.165) is 11.8 Å². The van der Waals surface area contributed by atoms with Crippen LogP contribution in [0.15, 0.2) is 41.6 Å². The zero-order chi connectivity index (χ0) is 20.1. The molecule has 0 saturated carbocycles. The van der Waals surface area contributed by atoms with Crippen molar-refractivity contribution >= 4 is 17.5 Å². The summed E-state index contributed by atoms with van der Waals surface area (Å²) in [6, 6.07) is 5.04. The van der Waals surface area contributed by atoms with Crippen LogP contribution in [0, 0.1) is 5.82 Å². The molecule has 3 aromatic heterocycles. The summed E-state index contributed by atoms with van der Waals surface area (Å²) in [5, 5.41) is 14.8. The average molecular weight is 386 g/mol. The number of hydrogen-bond acceptors (Lipinski definition) is 8. The summed E-state index contributed by atoms with van der Waals surface area (Å²) in [7, 11) is 1.52. The third-order valence-corrected chi connectivity index (χ3v) is 3.73. The normalized spacial score (nSPS) is 11.7. The Hall–Kier alpha value is -3.53. The fourth-order valence-electron chi connectivity index (χ4n) is 2.32. The van der Waals surface area contributed by atoms with Crippen molar-refractivity contribution in [1.29, 1.82) is 0 Å². The fraction of sp³-hybridized carbons (Fsp3) is 0.222. The number of rotatable bonds is 7. The minimum Gasteiger partial charge on any atom is -0.481 e. The first kappa shape index (κ1) is 19.2. The second kappa shape index (κ2) is 8.44. The predicted octanol–water partition coefficient (Wildman–Crippen LogP) is 1.91. The number of nitrogens with one attached hydrogen (secondary N) is 3. The number of aromatic amines is 1. The zero-order valence-corrected chi connectivity index (χ0v) is 15.2. The monoisotopic (exact) mass is 386 g/mol. The number of methoxy groups -OCH3 is 1. The number of H-pyrrole nitrogens is 1. The number of hydrogen-bond donors (Lipinski definition) is 4. The van der Waals surface area contributed by atoms with Gasteiger partial charge >= 0.3 is 0 Å². The summed E-state index contributed by atoms with van der Waals surface area (Å²) >= 11 is 0. The van der Waals surface area contributed by atoms with Crippen LogP contribution in [0.1, 0.15) is 6.92 Å². The van der Waals surface area contributed by atoms with E-state index in [2.05, 4.69) is 30.6 Å². The van der Waals surface area contributed by atoms with Crippen molar-refractivity contribution in [2.45, 2.75) is 13.0 Å². The minimum atomic E-state index is -0.724. The Morgan fingerprint density at radius 2 is 2.11 bits per heavy atom. The number of ether oxygens (including phenoxy) is 1. The molecule has 4 N–H and O–H groups in total. The molecule has 0 aliphatic carbocycles. The highest BCUT2D eigenvalue weighted by molar-refractivity contribution is 5.68. The van der Waals surface area contributed by atoms with Crippen LogP contribution in [-0.4, -0.2) is 44.8 Å². The van der Waals surface area contributed by atoms with E-state index >= 15 is 0 Å². The van der Waals surface area contributed by atoms with Crippen LogP contribution in [0.4, 0.5) is 21.8 Å². The van der Waals surface area contributed by atoms with Gasteiger partial charge in [-0.1, -0.05) is 0 Å². The second-order valence-corrected chi connectivity index (χ2v) is 5.97. The molecule has 3 rings (SSSR count). The topological polar surface area (TPSA) is 125 Å². The maximum absolute atomic E-state index is 14.1. The number of nitrogens with zero attached hydrogens (tertiary/aromatic N) is 3. The summed E-state index contributed by atoms with van der Waals surface area (Å²) < 4.78 is 19.1. The molecule has 0 radical (unpaired) electrons. The molecule has 0 spiro atoms. The Kier molecular flexibility index (Phi) is 5.80. The highest BCUT2D eigenvalue weighted by Crippen LogP contribution is 2.23. The van der Waals surface area contributed by atoms with Crippen LogP contribution in [0.2, 0.25) is 0 Å². The molecule has 0 saturated heterocycles. The molecule has 0 aromatic carbocycles. The Morgan fingerprint density at radius 1 is 1.29 bits per heavy atom. The predicted molar refractivity (Wildman–Crippen MR) is 102 cm³/mol. The van der Waals surface area contributed by atoms with Crippen LogP contribution in [0.5, 0.6) is 5.88 Å². The third kappa shape index (κ3) is 4.60. The smallest absolute Gasteiger partial charge is 0.271 e. The van der Waals surface area contributed by atoms with Gasteiger partial charge < -0.3 is 25.5 Å². The van der Waals surface area contributed by atoms with Gasteiger partial charge in [0.15, 0.2) is 11.6 Å². The average Bonchev–Trinajstić information content (AvgIpc) is 2.70. The van der Waals surface area contributed by atoms with Gasteiger partial charge in [0.25, 0.3) is 5.56 Å². The van der Waals surface area contributed by atoms with Gasteiger partial charge in [0, 0.05) is 36.1 Å². The van der Waals surface area contributed by atoms with Gasteiger partial charge in [0.1, 0.15) is 5.69 Å². The molecule has 0 aliphatic heterocycles. The first-order chi connectivity index (χ1) is 13.5. The quantitative estimate of drug-likeness (QED) is 0.485. The zero-order valence-electron chi connectivity index (χ0n) is 15.2. The third-order valence-electron chi connectivity index (χ3n) is 3.73. The second-order valence-electron chi connectivity index (χ2n) is 5.97. The summed E-state index contributed by atoms with van der Waals surface area (Å²) in [5.74, 6) is -0.305. The van der Waals surface area contributed by atoms with Gasteiger partial charge in [0.05, 0.1) is 19.4 Å². The van der Waals surface area contributed by atoms with Crippen LogP contribution in [0.3, 0.4) is 0 Å². The van der Waals surface area contributed by atoms with E-state index < -0.39 is 17.5 Å². The lowest BCUT2D eigenvalue weighted by atomic mass is 10.1. The Balaban J connectivity index is 1.87. The minimum absolute atomic E-state index is 0.104. The van der Waals surface area contributed by atoms with Gasteiger partial charge in [-0.05, 0) is 19.1 Å². The number of aliphatic hydroxyl groups excluding tert-OH is 1. The lowest BCUT2D eigenvalue weighted by Crippen LogP contribution is -2.18. The Bertz CT molecular complexity index is 1010. The lowest BCUT2D eigenvalue weighted by molar-refractivity contribution is 0.208. The number of aromatic nitrogens is 4. The fourth-order valence-corrected chi connectivity index (χ4v) is 2.32. The largest absolute Gasteiger partial charge is 0.481 e. The Morgan fingerprint density at radius 3 is 2.79 bits per heavy atom. The summed E-state index contributed by atoms with van der Waals surface area (Å²) in [6.45, 7) is 1.79. The molecule has 0 amide bonds. The number of aliphatic hydroxyl groups is 1. The summed E-state index contributed by atoms with van der Waals surface area (Å²) in [4.78, 5) is 26.7. The van der Waals surface area contributed by atoms with E-state index in [1.54, 1.807) is 31.3 Å². The van der Waals surface area contributed by atoms with Crippen molar-refractivity contribution in [3.05, 3.63) is 53.0 Å². The lowest BCUT2D eigenvalue weighted by Gasteiger charge is -2.11. The molecule has 1 atom stereocenters. The molecule has 0 fully saturated rings. The molecule has 10 heteroatoms. The summed E-state index contributed by atoms with van der Waals surface area (Å²) in [6.07, 6.45) is 3.48. The van der Waals surface area contributed by atoms with Crippen LogP contribution in [0.25, 0.3) is 11.1 Å². The molecule has 9 nitrogen and oxygen atoms in total. The van der Waals surface area contributed by atoms with Crippen molar-refractivity contribution in [3.63, 3.8) is 0 Å². The molecular weight excluding hydrogens is 367 g/mol. The van der Waals surface area contributed by atoms with E-state index in [-0.39, 0.29) is 24.0 Å². The van der Waals surface area contributed by atoms with Crippen molar-refractivity contribution < 1.29 is 14.2 Å². The SMILES string of the molecule is COc1ccc(-c2c[nH]c(=O)c(Nc3nc(NC[C@@H](C)O)ncc3F)c2)cn1. The van der Waals surface area contributed by atoms with Crippen molar-refractivity contribution in [3.8, 4) is 17.0 Å². The standard InChI is InChI=1S/C18H19FN6O3/c1-10(26)6-22-18-23-9-13(19)16(25-18)24-14-5-12(8-21-17(14)27)11-3-4-15(28-2)20-7-11/h3-5,7-10,26H,6H2,1-2H3,(H,21,27)(H2,22,23,24,25)/t10-/m1/s1. The van der Waals surface area contributed by atoms with Crippen LogP contribution >= 0.6 is 0 Å².